The Morgan fingerprint density at radius 3 is 2.12 bits per heavy atom. The maximum absolute atomic E-state index is 14.0. The summed E-state index contributed by atoms with van der Waals surface area (Å²) < 4.78 is 5.89. The molecule has 0 aliphatic carbocycles. The van der Waals surface area contributed by atoms with E-state index in [2.05, 4.69) is 40.1 Å². The van der Waals surface area contributed by atoms with Crippen LogP contribution in [0.15, 0.2) is 66.0 Å². The summed E-state index contributed by atoms with van der Waals surface area (Å²) in [5.74, 6) is 0.0350. The summed E-state index contributed by atoms with van der Waals surface area (Å²) in [6.07, 6.45) is 2.04. The molecule has 4 rings (SSSR count). The number of carboxylic acid groups (broad SMARTS) is 1. The third-order valence-electron chi connectivity index (χ3n) is 8.39. The Hall–Kier alpha value is -4.00. The topological polar surface area (TPSA) is 145 Å². The van der Waals surface area contributed by atoms with E-state index in [1.165, 1.54) is 0 Å². The average Bonchev–Trinajstić information content (AvgIpc) is 3.55. The summed E-state index contributed by atoms with van der Waals surface area (Å²) in [5, 5.41) is 24.7. The van der Waals surface area contributed by atoms with Gasteiger partial charge in [-0.2, -0.15) is 0 Å². The van der Waals surface area contributed by atoms with Crippen molar-refractivity contribution in [1.29, 1.82) is 0 Å². The first-order valence-corrected chi connectivity index (χ1v) is 17.7. The summed E-state index contributed by atoms with van der Waals surface area (Å²) >= 11 is 1.58. The van der Waals surface area contributed by atoms with E-state index in [9.17, 15) is 19.5 Å². The van der Waals surface area contributed by atoms with Gasteiger partial charge in [0.05, 0.1) is 30.0 Å². The van der Waals surface area contributed by atoms with Crippen molar-refractivity contribution in [2.75, 3.05) is 26.7 Å². The average molecular weight is 679 g/mol. The minimum atomic E-state index is -1.08. The third-order valence-corrected chi connectivity index (χ3v) is 9.59. The highest BCUT2D eigenvalue weighted by Gasteiger charge is 2.27. The highest BCUT2D eigenvalue weighted by atomic mass is 32.1. The van der Waals surface area contributed by atoms with Gasteiger partial charge in [-0.1, -0.05) is 74.5 Å². The van der Waals surface area contributed by atoms with Gasteiger partial charge in [-0.25, -0.2) is 14.6 Å². The number of aromatic nitrogens is 1. The smallest absolute Gasteiger partial charge is 0.404 e. The maximum Gasteiger partial charge on any atom is 0.404 e. The van der Waals surface area contributed by atoms with Crippen LogP contribution in [0.1, 0.15) is 67.3 Å². The Kier molecular flexibility index (Phi) is 14.7. The van der Waals surface area contributed by atoms with Gasteiger partial charge in [0.15, 0.2) is 0 Å². The van der Waals surface area contributed by atoms with Crippen molar-refractivity contribution >= 4 is 29.4 Å². The van der Waals surface area contributed by atoms with E-state index in [0.717, 1.165) is 28.4 Å². The van der Waals surface area contributed by atoms with Crippen molar-refractivity contribution in [3.63, 3.8) is 0 Å². The summed E-state index contributed by atoms with van der Waals surface area (Å²) in [6.45, 7) is 6.60. The number of carbonyl (C=O) groups is 3. The molecule has 4 amide bonds. The lowest BCUT2D eigenvalue weighted by Gasteiger charge is -2.29. The second-order valence-electron chi connectivity index (χ2n) is 12.8. The Balaban J connectivity index is 1.46. The van der Waals surface area contributed by atoms with Crippen LogP contribution in [0.3, 0.4) is 0 Å². The molecule has 12 heteroatoms. The molecule has 1 aliphatic rings. The molecule has 11 nitrogen and oxygen atoms in total. The summed E-state index contributed by atoms with van der Waals surface area (Å²) in [7, 11) is 1.70. The predicted octanol–water partition coefficient (Wildman–Crippen LogP) is 4.93. The van der Waals surface area contributed by atoms with Crippen LogP contribution >= 0.6 is 11.3 Å². The van der Waals surface area contributed by atoms with E-state index in [1.54, 1.807) is 23.3 Å². The highest BCUT2D eigenvalue weighted by Crippen LogP contribution is 2.20. The minimum Gasteiger partial charge on any atom is -0.465 e. The standard InChI is InChI=1S/C36H50N6O5S/c1-25(2)34-39-30(24-48-34)23-42(3)35(44)41-32(17-16-31-22-37-18-19-47-31)33(43)38-28(20-26-10-6-4-7-11-26)14-15-29(40-36(45)46)21-27-12-8-5-9-13-27/h4-13,24-25,28-29,31-32,37,40H,14-23H2,1-3H3,(H,38,43)(H,41,44)(H,45,46)/t28-,29-,31?,32+/m1/s1. The molecule has 0 bridgehead atoms. The molecule has 48 heavy (non-hydrogen) atoms. The second kappa shape index (κ2) is 19.1. The number of hydrogen-bond acceptors (Lipinski definition) is 7. The van der Waals surface area contributed by atoms with Crippen molar-refractivity contribution in [3.8, 4) is 0 Å². The van der Waals surface area contributed by atoms with E-state index in [0.29, 0.717) is 64.1 Å². The number of thiazole rings is 1. The van der Waals surface area contributed by atoms with Crippen LogP contribution in [0.5, 0.6) is 0 Å². The monoisotopic (exact) mass is 678 g/mol. The summed E-state index contributed by atoms with van der Waals surface area (Å²) in [4.78, 5) is 45.3. The lowest BCUT2D eigenvalue weighted by Crippen LogP contribution is -2.53. The zero-order valence-electron chi connectivity index (χ0n) is 28.2. The molecule has 1 aliphatic heterocycles. The Labute approximate surface area is 287 Å². The van der Waals surface area contributed by atoms with Crippen LogP contribution in [-0.4, -0.2) is 84.0 Å². The van der Waals surface area contributed by atoms with Gasteiger partial charge >= 0.3 is 12.1 Å². The third kappa shape index (κ3) is 12.6. The van der Waals surface area contributed by atoms with E-state index < -0.39 is 12.1 Å². The lowest BCUT2D eigenvalue weighted by molar-refractivity contribution is -0.124. The van der Waals surface area contributed by atoms with Gasteiger partial charge in [0, 0.05) is 43.5 Å². The van der Waals surface area contributed by atoms with Crippen molar-refractivity contribution in [3.05, 3.63) is 87.9 Å². The van der Waals surface area contributed by atoms with Crippen molar-refractivity contribution in [2.24, 2.45) is 0 Å². The number of nitrogens with one attached hydrogen (secondary N) is 4. The normalized spacial score (nSPS) is 16.5. The molecule has 1 unspecified atom stereocenters. The number of nitrogens with zero attached hydrogens (tertiary/aromatic N) is 2. The first-order chi connectivity index (χ1) is 23.2. The Morgan fingerprint density at radius 1 is 0.958 bits per heavy atom. The minimum absolute atomic E-state index is 0.0471. The molecule has 5 N–H and O–H groups in total. The fourth-order valence-corrected chi connectivity index (χ4v) is 6.61. The molecular weight excluding hydrogens is 629 g/mol. The molecule has 2 aromatic carbocycles. The fourth-order valence-electron chi connectivity index (χ4n) is 5.79. The summed E-state index contributed by atoms with van der Waals surface area (Å²) in [6, 6.07) is 17.9. The highest BCUT2D eigenvalue weighted by molar-refractivity contribution is 7.09. The van der Waals surface area contributed by atoms with Gasteiger partial charge in [-0.3, -0.25) is 4.79 Å². The molecule has 1 saturated heterocycles. The quantitative estimate of drug-likeness (QED) is 0.136. The van der Waals surface area contributed by atoms with Gasteiger partial charge in [0.1, 0.15) is 6.04 Å². The molecule has 3 aromatic rings. The Bertz CT molecular complexity index is 1420. The number of amides is 4. The molecule has 4 atom stereocenters. The second-order valence-corrected chi connectivity index (χ2v) is 13.7. The number of morpholine rings is 1. The van der Waals surface area contributed by atoms with Crippen LogP contribution in [0.4, 0.5) is 9.59 Å². The fraction of sp³-hybridized carbons (Fsp3) is 0.500. The molecule has 1 aromatic heterocycles. The van der Waals surface area contributed by atoms with Gasteiger partial charge in [-0.05, 0) is 49.7 Å². The number of carbonyl (C=O) groups excluding carboxylic acids is 2. The molecule has 0 radical (unpaired) electrons. The van der Waals surface area contributed by atoms with Crippen molar-refractivity contribution in [2.45, 2.75) is 89.1 Å². The SMILES string of the molecule is CC(C)c1nc(CN(C)C(=O)N[C@@H](CCC2CNCCO2)C(=O)N[C@H](CC[C@H](Cc2ccccc2)NC(=O)O)Cc2ccccc2)cs1. The van der Waals surface area contributed by atoms with E-state index in [4.69, 9.17) is 4.74 Å². The largest absolute Gasteiger partial charge is 0.465 e. The summed E-state index contributed by atoms with van der Waals surface area (Å²) in [5.41, 5.74) is 2.90. The van der Waals surface area contributed by atoms with Gasteiger partial charge in [-0.15, -0.1) is 11.3 Å². The van der Waals surface area contributed by atoms with Gasteiger partial charge in [0.2, 0.25) is 5.91 Å². The van der Waals surface area contributed by atoms with Crippen LogP contribution in [0.25, 0.3) is 0 Å². The zero-order valence-corrected chi connectivity index (χ0v) is 29.0. The first kappa shape index (κ1) is 36.8. The van der Waals surface area contributed by atoms with E-state index in [1.807, 2.05) is 66.0 Å². The molecule has 260 valence electrons. The number of hydrogen-bond donors (Lipinski definition) is 5. The molecule has 0 spiro atoms. The number of benzene rings is 2. The van der Waals surface area contributed by atoms with E-state index in [-0.39, 0.29) is 30.1 Å². The Morgan fingerprint density at radius 2 is 1.58 bits per heavy atom. The van der Waals surface area contributed by atoms with Gasteiger partial charge in [0.25, 0.3) is 0 Å². The number of urea groups is 1. The maximum atomic E-state index is 14.0. The van der Waals surface area contributed by atoms with E-state index >= 15 is 0 Å². The number of ether oxygens (including phenoxy) is 1. The van der Waals surface area contributed by atoms with Crippen LogP contribution in [0, 0.1) is 0 Å². The predicted molar refractivity (Wildman–Crippen MR) is 188 cm³/mol. The van der Waals surface area contributed by atoms with Crippen LogP contribution in [0.2, 0.25) is 0 Å². The first-order valence-electron chi connectivity index (χ1n) is 16.8. The van der Waals surface area contributed by atoms with Gasteiger partial charge < -0.3 is 36.0 Å². The molecule has 2 heterocycles. The van der Waals surface area contributed by atoms with Crippen molar-refractivity contribution < 1.29 is 24.2 Å². The number of rotatable bonds is 17. The molecule has 1 fully saturated rings. The van der Waals surface area contributed by atoms with Crippen LogP contribution in [-0.2, 0) is 28.9 Å². The van der Waals surface area contributed by atoms with Crippen molar-refractivity contribution in [1.82, 2.24) is 31.2 Å². The zero-order chi connectivity index (χ0) is 34.3. The molecular formula is C36H50N6O5S. The lowest BCUT2D eigenvalue weighted by atomic mass is 9.95. The van der Waals surface area contributed by atoms with Crippen LogP contribution < -0.4 is 21.3 Å². The molecule has 0 saturated carbocycles.